The average molecular weight is 262 g/mol. The molecule has 0 saturated carbocycles. The van der Waals surface area contributed by atoms with Crippen LogP contribution in [0.5, 0.6) is 0 Å². The van der Waals surface area contributed by atoms with Gasteiger partial charge in [0.05, 0.1) is 6.42 Å². The van der Waals surface area contributed by atoms with Gasteiger partial charge < -0.3 is 10.0 Å². The lowest BCUT2D eigenvalue weighted by atomic mass is 10.0. The highest BCUT2D eigenvalue weighted by Gasteiger charge is 2.14. The number of carboxylic acid groups (broad SMARTS) is 1. The van der Waals surface area contributed by atoms with Crippen LogP contribution in [0.4, 0.5) is 0 Å². The van der Waals surface area contributed by atoms with Gasteiger partial charge >= 0.3 is 5.97 Å². The van der Waals surface area contributed by atoms with E-state index >= 15 is 0 Å². The summed E-state index contributed by atoms with van der Waals surface area (Å²) in [5, 5.41) is 8.96. The first kappa shape index (κ1) is 14.0. The minimum absolute atomic E-state index is 0.115. The molecule has 0 amide bonds. The highest BCUT2D eigenvalue weighted by molar-refractivity contribution is 5.70. The summed E-state index contributed by atoms with van der Waals surface area (Å²) in [5.41, 5.74) is 2.09. The van der Waals surface area contributed by atoms with Crippen molar-refractivity contribution in [3.63, 3.8) is 0 Å². The van der Waals surface area contributed by atoms with Gasteiger partial charge in [-0.15, -0.1) is 0 Å². The van der Waals surface area contributed by atoms with E-state index in [1.165, 1.54) is 6.42 Å². The molecule has 4 nitrogen and oxygen atoms in total. The fourth-order valence-electron chi connectivity index (χ4n) is 2.55. The molecule has 1 aromatic carbocycles. The highest BCUT2D eigenvalue weighted by atomic mass is 16.4. The Balaban J connectivity index is 2.03. The molecule has 0 bridgehead atoms. The fourth-order valence-corrected chi connectivity index (χ4v) is 2.55. The molecule has 0 atom stereocenters. The molecule has 0 aliphatic carbocycles. The third-order valence-electron chi connectivity index (χ3n) is 3.67. The number of benzene rings is 1. The summed E-state index contributed by atoms with van der Waals surface area (Å²) in [4.78, 5) is 15.7. The summed E-state index contributed by atoms with van der Waals surface area (Å²) in [5.74, 6) is -0.761. The predicted octanol–water partition coefficient (Wildman–Crippen LogP) is 1.45. The zero-order valence-electron chi connectivity index (χ0n) is 11.5. The van der Waals surface area contributed by atoms with Gasteiger partial charge in [0.15, 0.2) is 0 Å². The first-order chi connectivity index (χ1) is 9.15. The predicted molar refractivity (Wildman–Crippen MR) is 75.2 cm³/mol. The quantitative estimate of drug-likeness (QED) is 0.892. The van der Waals surface area contributed by atoms with Crippen LogP contribution in [0, 0.1) is 0 Å². The molecule has 1 aliphatic rings. The molecular weight excluding hydrogens is 240 g/mol. The number of carbonyl (C=O) groups is 1. The second kappa shape index (κ2) is 6.68. The second-order valence-corrected chi connectivity index (χ2v) is 5.27. The van der Waals surface area contributed by atoms with Crippen molar-refractivity contribution < 1.29 is 9.90 Å². The number of hydrogen-bond acceptors (Lipinski definition) is 3. The maximum Gasteiger partial charge on any atom is 0.307 e. The van der Waals surface area contributed by atoms with Crippen LogP contribution in [0.25, 0.3) is 0 Å². The van der Waals surface area contributed by atoms with E-state index in [1.54, 1.807) is 0 Å². The molecule has 1 aromatic rings. The van der Waals surface area contributed by atoms with E-state index in [-0.39, 0.29) is 6.42 Å². The zero-order valence-corrected chi connectivity index (χ0v) is 11.5. The van der Waals surface area contributed by atoms with Gasteiger partial charge in [-0.3, -0.25) is 9.69 Å². The van der Waals surface area contributed by atoms with Crippen LogP contribution in [0.1, 0.15) is 17.5 Å². The minimum Gasteiger partial charge on any atom is -0.481 e. The van der Waals surface area contributed by atoms with Crippen LogP contribution in [-0.4, -0.2) is 54.1 Å². The standard InChI is InChI=1S/C15H22N2O2/c1-16-7-4-8-17(10-9-16)12-14-6-3-2-5-13(14)11-15(18)19/h2-3,5-6H,4,7-12H2,1H3,(H,18,19). The Hall–Kier alpha value is -1.39. The van der Waals surface area contributed by atoms with Crippen molar-refractivity contribution in [3.8, 4) is 0 Å². The van der Waals surface area contributed by atoms with Crippen LogP contribution >= 0.6 is 0 Å². The Labute approximate surface area is 114 Å². The van der Waals surface area contributed by atoms with Gasteiger partial charge in [-0.1, -0.05) is 24.3 Å². The van der Waals surface area contributed by atoms with E-state index in [9.17, 15) is 4.79 Å². The number of rotatable bonds is 4. The van der Waals surface area contributed by atoms with Crippen molar-refractivity contribution in [1.29, 1.82) is 0 Å². The molecule has 1 aliphatic heterocycles. The number of hydrogen-bond donors (Lipinski definition) is 1. The molecule has 0 aromatic heterocycles. The van der Waals surface area contributed by atoms with Gasteiger partial charge in [-0.25, -0.2) is 0 Å². The van der Waals surface area contributed by atoms with Gasteiger partial charge in [-0.2, -0.15) is 0 Å². The Morgan fingerprint density at radius 1 is 1.16 bits per heavy atom. The lowest BCUT2D eigenvalue weighted by Crippen LogP contribution is -2.29. The van der Waals surface area contributed by atoms with E-state index in [4.69, 9.17) is 5.11 Å². The van der Waals surface area contributed by atoms with Crippen molar-refractivity contribution in [2.45, 2.75) is 19.4 Å². The molecule has 104 valence electrons. The van der Waals surface area contributed by atoms with Crippen LogP contribution in [0.2, 0.25) is 0 Å². The summed E-state index contributed by atoms with van der Waals surface area (Å²) < 4.78 is 0. The maximum absolute atomic E-state index is 10.9. The van der Waals surface area contributed by atoms with Crippen molar-refractivity contribution in [3.05, 3.63) is 35.4 Å². The van der Waals surface area contributed by atoms with Crippen LogP contribution in [0.3, 0.4) is 0 Å². The summed E-state index contributed by atoms with van der Waals surface area (Å²) in [6.07, 6.45) is 1.29. The molecule has 1 N–H and O–H groups in total. The van der Waals surface area contributed by atoms with Gasteiger partial charge in [0.1, 0.15) is 0 Å². The Kier molecular flexibility index (Phi) is 4.93. The third-order valence-corrected chi connectivity index (χ3v) is 3.67. The first-order valence-corrected chi connectivity index (χ1v) is 6.84. The van der Waals surface area contributed by atoms with E-state index in [2.05, 4.69) is 16.8 Å². The van der Waals surface area contributed by atoms with Gasteiger partial charge in [-0.05, 0) is 37.7 Å². The van der Waals surface area contributed by atoms with Crippen LogP contribution < -0.4 is 0 Å². The number of likely N-dealkylation sites (N-methyl/N-ethyl adjacent to an activating group) is 1. The molecule has 1 saturated heterocycles. The lowest BCUT2D eigenvalue weighted by Gasteiger charge is -2.21. The average Bonchev–Trinajstić information content (AvgIpc) is 2.56. The van der Waals surface area contributed by atoms with Crippen molar-refractivity contribution >= 4 is 5.97 Å². The highest BCUT2D eigenvalue weighted by Crippen LogP contribution is 2.14. The lowest BCUT2D eigenvalue weighted by molar-refractivity contribution is -0.136. The van der Waals surface area contributed by atoms with Crippen LogP contribution in [0.15, 0.2) is 24.3 Å². The Bertz CT molecular complexity index is 434. The molecule has 2 rings (SSSR count). The molecule has 1 fully saturated rings. The molecule has 19 heavy (non-hydrogen) atoms. The van der Waals surface area contributed by atoms with E-state index in [0.717, 1.165) is 43.9 Å². The minimum atomic E-state index is -0.761. The molecule has 0 unspecified atom stereocenters. The molecule has 4 heteroatoms. The Morgan fingerprint density at radius 3 is 2.63 bits per heavy atom. The van der Waals surface area contributed by atoms with Crippen LogP contribution in [-0.2, 0) is 17.8 Å². The largest absolute Gasteiger partial charge is 0.481 e. The van der Waals surface area contributed by atoms with E-state index in [1.807, 2.05) is 24.3 Å². The fraction of sp³-hybridized carbons (Fsp3) is 0.533. The maximum atomic E-state index is 10.9. The summed E-state index contributed by atoms with van der Waals surface area (Å²) in [6.45, 7) is 5.23. The SMILES string of the molecule is CN1CCCN(Cc2ccccc2CC(=O)O)CC1. The van der Waals surface area contributed by atoms with E-state index < -0.39 is 5.97 Å². The van der Waals surface area contributed by atoms with Gasteiger partial charge in [0.25, 0.3) is 0 Å². The first-order valence-electron chi connectivity index (χ1n) is 6.84. The third kappa shape index (κ3) is 4.33. The molecule has 0 spiro atoms. The second-order valence-electron chi connectivity index (χ2n) is 5.27. The smallest absolute Gasteiger partial charge is 0.307 e. The monoisotopic (exact) mass is 262 g/mol. The normalized spacial score (nSPS) is 18.2. The summed E-state index contributed by atoms with van der Waals surface area (Å²) >= 11 is 0. The van der Waals surface area contributed by atoms with Crippen molar-refractivity contribution in [2.75, 3.05) is 33.2 Å². The zero-order chi connectivity index (χ0) is 13.7. The number of carboxylic acids is 1. The number of nitrogens with zero attached hydrogens (tertiary/aromatic N) is 2. The molecule has 1 heterocycles. The summed E-state index contributed by atoms with van der Waals surface area (Å²) in [7, 11) is 2.15. The van der Waals surface area contributed by atoms with E-state index in [0.29, 0.717) is 0 Å². The Morgan fingerprint density at radius 2 is 1.89 bits per heavy atom. The van der Waals surface area contributed by atoms with Gasteiger partial charge in [0, 0.05) is 19.6 Å². The molecule has 0 radical (unpaired) electrons. The number of aliphatic carboxylic acids is 1. The topological polar surface area (TPSA) is 43.8 Å². The van der Waals surface area contributed by atoms with Gasteiger partial charge in [0.2, 0.25) is 0 Å². The van der Waals surface area contributed by atoms with Crippen molar-refractivity contribution in [1.82, 2.24) is 9.80 Å². The molecular formula is C15H22N2O2. The van der Waals surface area contributed by atoms with Crippen molar-refractivity contribution in [2.24, 2.45) is 0 Å². The summed E-state index contributed by atoms with van der Waals surface area (Å²) in [6, 6.07) is 7.88.